The molecule has 0 amide bonds. The van der Waals surface area contributed by atoms with Gasteiger partial charge in [0.2, 0.25) is 10.0 Å². The minimum absolute atomic E-state index is 0.164. The SMILES string of the molecule is CCCS(=O)(=O)NC(C)c1ccccc1. The van der Waals surface area contributed by atoms with Crippen LogP contribution in [-0.2, 0) is 10.0 Å². The van der Waals surface area contributed by atoms with Crippen LogP contribution in [0.3, 0.4) is 0 Å². The molecule has 0 aliphatic carbocycles. The van der Waals surface area contributed by atoms with E-state index >= 15 is 0 Å². The van der Waals surface area contributed by atoms with Gasteiger partial charge in [0.25, 0.3) is 0 Å². The Kier molecular flexibility index (Phi) is 4.29. The van der Waals surface area contributed by atoms with Gasteiger partial charge < -0.3 is 0 Å². The van der Waals surface area contributed by atoms with Gasteiger partial charge in [-0.1, -0.05) is 37.3 Å². The molecule has 15 heavy (non-hydrogen) atoms. The van der Waals surface area contributed by atoms with E-state index in [1.807, 2.05) is 44.2 Å². The second-order valence-corrected chi connectivity index (χ2v) is 5.44. The molecule has 0 saturated carbocycles. The highest BCUT2D eigenvalue weighted by Gasteiger charge is 2.13. The van der Waals surface area contributed by atoms with Crippen molar-refractivity contribution in [3.63, 3.8) is 0 Å². The van der Waals surface area contributed by atoms with E-state index in [9.17, 15) is 8.42 Å². The summed E-state index contributed by atoms with van der Waals surface area (Å²) in [4.78, 5) is 0. The van der Waals surface area contributed by atoms with Crippen LogP contribution in [0, 0.1) is 0 Å². The predicted octanol–water partition coefficient (Wildman–Crippen LogP) is 2.08. The molecule has 0 saturated heterocycles. The van der Waals surface area contributed by atoms with Crippen molar-refractivity contribution in [2.24, 2.45) is 0 Å². The maximum Gasteiger partial charge on any atom is 0.212 e. The van der Waals surface area contributed by atoms with Gasteiger partial charge >= 0.3 is 0 Å². The summed E-state index contributed by atoms with van der Waals surface area (Å²) in [5, 5.41) is 0. The third-order valence-corrected chi connectivity index (χ3v) is 3.79. The second kappa shape index (κ2) is 5.28. The molecule has 0 radical (unpaired) electrons. The molecule has 1 rings (SSSR count). The first-order valence-corrected chi connectivity index (χ1v) is 6.75. The molecule has 1 N–H and O–H groups in total. The lowest BCUT2D eigenvalue weighted by Crippen LogP contribution is -2.28. The lowest BCUT2D eigenvalue weighted by atomic mass is 10.1. The summed E-state index contributed by atoms with van der Waals surface area (Å²) in [6.45, 7) is 3.70. The standard InChI is InChI=1S/C11H17NO2S/c1-3-9-15(13,14)12-10(2)11-7-5-4-6-8-11/h4-8,10,12H,3,9H2,1-2H3. The van der Waals surface area contributed by atoms with E-state index in [1.54, 1.807) is 0 Å². The highest BCUT2D eigenvalue weighted by Crippen LogP contribution is 2.12. The van der Waals surface area contributed by atoms with E-state index in [0.29, 0.717) is 6.42 Å². The molecule has 0 fully saturated rings. The Balaban J connectivity index is 2.68. The molecule has 0 spiro atoms. The van der Waals surface area contributed by atoms with Crippen LogP contribution in [0.1, 0.15) is 31.9 Å². The lowest BCUT2D eigenvalue weighted by molar-refractivity contribution is 0.565. The van der Waals surface area contributed by atoms with Gasteiger partial charge in [-0.15, -0.1) is 0 Å². The molecule has 1 atom stereocenters. The van der Waals surface area contributed by atoms with E-state index in [1.165, 1.54) is 0 Å². The molecule has 1 aromatic rings. The van der Waals surface area contributed by atoms with Crippen LogP contribution in [0.5, 0.6) is 0 Å². The highest BCUT2D eigenvalue weighted by atomic mass is 32.2. The van der Waals surface area contributed by atoms with Crippen molar-refractivity contribution in [1.29, 1.82) is 0 Å². The zero-order chi connectivity index (χ0) is 11.3. The Labute approximate surface area is 91.6 Å². The average molecular weight is 227 g/mol. The molecule has 0 aliphatic rings. The number of hydrogen-bond donors (Lipinski definition) is 1. The summed E-state index contributed by atoms with van der Waals surface area (Å²) < 4.78 is 25.7. The maximum absolute atomic E-state index is 11.5. The molecule has 0 aliphatic heterocycles. The quantitative estimate of drug-likeness (QED) is 0.837. The zero-order valence-electron chi connectivity index (χ0n) is 9.10. The van der Waals surface area contributed by atoms with Gasteiger partial charge in [-0.05, 0) is 18.9 Å². The number of rotatable bonds is 5. The Hall–Kier alpha value is -0.870. The molecule has 0 heterocycles. The van der Waals surface area contributed by atoms with Gasteiger partial charge in [-0.2, -0.15) is 0 Å². The molecule has 0 bridgehead atoms. The summed E-state index contributed by atoms with van der Waals surface area (Å²) in [5.41, 5.74) is 0.983. The normalized spacial score (nSPS) is 13.7. The van der Waals surface area contributed by atoms with Gasteiger partial charge in [-0.25, -0.2) is 13.1 Å². The van der Waals surface area contributed by atoms with Gasteiger partial charge in [-0.3, -0.25) is 0 Å². The fraction of sp³-hybridized carbons (Fsp3) is 0.455. The van der Waals surface area contributed by atoms with E-state index in [4.69, 9.17) is 0 Å². The van der Waals surface area contributed by atoms with Crippen molar-refractivity contribution >= 4 is 10.0 Å². The summed E-state index contributed by atoms with van der Waals surface area (Å²) >= 11 is 0. The van der Waals surface area contributed by atoms with Gasteiger partial charge in [0, 0.05) is 6.04 Å². The topological polar surface area (TPSA) is 46.2 Å². The van der Waals surface area contributed by atoms with Crippen LogP contribution in [0.4, 0.5) is 0 Å². The predicted molar refractivity (Wildman–Crippen MR) is 62.1 cm³/mol. The molecule has 0 aromatic heterocycles. The van der Waals surface area contributed by atoms with Crippen molar-refractivity contribution < 1.29 is 8.42 Å². The lowest BCUT2D eigenvalue weighted by Gasteiger charge is -2.13. The van der Waals surface area contributed by atoms with Crippen LogP contribution in [0.25, 0.3) is 0 Å². The molecule has 1 aromatic carbocycles. The third kappa shape index (κ3) is 4.01. The van der Waals surface area contributed by atoms with Crippen LogP contribution in [-0.4, -0.2) is 14.2 Å². The molecule has 1 unspecified atom stereocenters. The molecule has 3 nitrogen and oxygen atoms in total. The van der Waals surface area contributed by atoms with Gasteiger partial charge in [0.15, 0.2) is 0 Å². The van der Waals surface area contributed by atoms with E-state index < -0.39 is 10.0 Å². The summed E-state index contributed by atoms with van der Waals surface area (Å²) in [5.74, 6) is 0.185. The van der Waals surface area contributed by atoms with Crippen molar-refractivity contribution in [3.05, 3.63) is 35.9 Å². The van der Waals surface area contributed by atoms with Crippen molar-refractivity contribution in [3.8, 4) is 0 Å². The van der Waals surface area contributed by atoms with Crippen LogP contribution < -0.4 is 4.72 Å². The largest absolute Gasteiger partial charge is 0.212 e. The van der Waals surface area contributed by atoms with Crippen LogP contribution >= 0.6 is 0 Å². The number of sulfonamides is 1. The monoisotopic (exact) mass is 227 g/mol. The summed E-state index contributed by atoms with van der Waals surface area (Å²) in [6.07, 6.45) is 0.636. The molecule has 4 heteroatoms. The van der Waals surface area contributed by atoms with Gasteiger partial charge in [0.05, 0.1) is 5.75 Å². The van der Waals surface area contributed by atoms with E-state index in [-0.39, 0.29) is 11.8 Å². The Morgan fingerprint density at radius 3 is 2.40 bits per heavy atom. The zero-order valence-corrected chi connectivity index (χ0v) is 9.92. The number of hydrogen-bond acceptors (Lipinski definition) is 2. The fourth-order valence-corrected chi connectivity index (χ4v) is 2.74. The first-order chi connectivity index (χ1) is 7.05. The van der Waals surface area contributed by atoms with Crippen molar-refractivity contribution in [2.75, 3.05) is 5.75 Å². The third-order valence-electron chi connectivity index (χ3n) is 2.13. The maximum atomic E-state index is 11.5. The van der Waals surface area contributed by atoms with E-state index in [0.717, 1.165) is 5.56 Å². The van der Waals surface area contributed by atoms with Crippen LogP contribution in [0.15, 0.2) is 30.3 Å². The average Bonchev–Trinajstić information content (AvgIpc) is 2.18. The molecular weight excluding hydrogens is 210 g/mol. The Bertz CT molecular complexity index is 386. The first kappa shape index (κ1) is 12.2. The second-order valence-electron chi connectivity index (χ2n) is 3.57. The van der Waals surface area contributed by atoms with E-state index in [2.05, 4.69) is 4.72 Å². The number of nitrogens with one attached hydrogen (secondary N) is 1. The summed E-state index contributed by atoms with van der Waals surface area (Å²) in [6, 6.07) is 9.39. The van der Waals surface area contributed by atoms with Gasteiger partial charge in [0.1, 0.15) is 0 Å². The smallest absolute Gasteiger partial charge is 0.212 e. The highest BCUT2D eigenvalue weighted by molar-refractivity contribution is 7.89. The Morgan fingerprint density at radius 2 is 1.87 bits per heavy atom. The van der Waals surface area contributed by atoms with Crippen LogP contribution in [0.2, 0.25) is 0 Å². The summed E-state index contributed by atoms with van der Waals surface area (Å²) in [7, 11) is -3.13. The first-order valence-electron chi connectivity index (χ1n) is 5.10. The van der Waals surface area contributed by atoms with Crippen molar-refractivity contribution in [1.82, 2.24) is 4.72 Å². The van der Waals surface area contributed by atoms with Crippen molar-refractivity contribution in [2.45, 2.75) is 26.3 Å². The fourth-order valence-electron chi connectivity index (χ4n) is 1.41. The minimum Gasteiger partial charge on any atom is -0.212 e. The Morgan fingerprint density at radius 1 is 1.27 bits per heavy atom. The number of benzene rings is 1. The molecule has 84 valence electrons. The minimum atomic E-state index is -3.13. The molecular formula is C11H17NO2S.